The van der Waals surface area contributed by atoms with Gasteiger partial charge in [-0.2, -0.15) is 0 Å². The SMILES string of the molecule is CCNC(=NCCCN1C(=O)C2C3C=CC(C3)C2C1=O)NCCc1ccc(F)cc1F.I. The summed E-state index contributed by atoms with van der Waals surface area (Å²) in [7, 11) is 0. The number of likely N-dealkylation sites (tertiary alicyclic amines) is 1. The number of nitrogens with one attached hydrogen (secondary N) is 2. The zero-order valence-corrected chi connectivity index (χ0v) is 20.4. The predicted molar refractivity (Wildman–Crippen MR) is 129 cm³/mol. The second-order valence-electron chi connectivity index (χ2n) is 8.35. The Labute approximate surface area is 203 Å². The molecule has 2 fully saturated rings. The smallest absolute Gasteiger partial charge is 0.233 e. The van der Waals surface area contributed by atoms with E-state index in [-0.39, 0.29) is 59.5 Å². The lowest BCUT2D eigenvalue weighted by atomic mass is 9.85. The van der Waals surface area contributed by atoms with Crippen LogP contribution >= 0.6 is 24.0 Å². The van der Waals surface area contributed by atoms with Gasteiger partial charge in [0.15, 0.2) is 5.96 Å². The second-order valence-corrected chi connectivity index (χ2v) is 8.35. The molecule has 1 aromatic carbocycles. The van der Waals surface area contributed by atoms with Crippen molar-refractivity contribution in [2.75, 3.05) is 26.2 Å². The van der Waals surface area contributed by atoms with E-state index >= 15 is 0 Å². The summed E-state index contributed by atoms with van der Waals surface area (Å²) in [4.78, 5) is 31.3. The largest absolute Gasteiger partial charge is 0.357 e. The van der Waals surface area contributed by atoms with E-state index in [9.17, 15) is 18.4 Å². The Bertz CT molecular complexity index is 893. The molecule has 174 valence electrons. The molecule has 32 heavy (non-hydrogen) atoms. The molecule has 4 unspecified atom stereocenters. The van der Waals surface area contributed by atoms with Crippen LogP contribution in [0, 0.1) is 35.3 Å². The van der Waals surface area contributed by atoms with Crippen LogP contribution in [-0.4, -0.2) is 48.9 Å². The number of allylic oxidation sites excluding steroid dienone is 2. The lowest BCUT2D eigenvalue weighted by Gasteiger charge is -2.17. The number of fused-ring (bicyclic) bond motifs is 5. The van der Waals surface area contributed by atoms with E-state index in [4.69, 9.17) is 0 Å². The maximum Gasteiger partial charge on any atom is 0.233 e. The summed E-state index contributed by atoms with van der Waals surface area (Å²) < 4.78 is 26.7. The molecule has 4 atom stereocenters. The highest BCUT2D eigenvalue weighted by molar-refractivity contribution is 14.0. The van der Waals surface area contributed by atoms with Crippen LogP contribution in [0.4, 0.5) is 8.78 Å². The first-order valence-electron chi connectivity index (χ1n) is 11.0. The molecule has 2 bridgehead atoms. The zero-order valence-electron chi connectivity index (χ0n) is 18.0. The van der Waals surface area contributed by atoms with Crippen molar-refractivity contribution >= 4 is 41.8 Å². The first kappa shape index (κ1) is 24.6. The number of guanidine groups is 1. The maximum atomic E-state index is 13.7. The topological polar surface area (TPSA) is 73.8 Å². The molecule has 1 saturated carbocycles. The van der Waals surface area contributed by atoms with Crippen molar-refractivity contribution in [3.8, 4) is 0 Å². The van der Waals surface area contributed by atoms with Crippen molar-refractivity contribution in [3.05, 3.63) is 47.5 Å². The molecule has 1 heterocycles. The van der Waals surface area contributed by atoms with Gasteiger partial charge in [0.1, 0.15) is 11.6 Å². The van der Waals surface area contributed by atoms with Gasteiger partial charge in [0.25, 0.3) is 0 Å². The highest BCUT2D eigenvalue weighted by atomic mass is 127. The standard InChI is InChI=1S/C23H28F2N4O2.HI/c1-2-26-23(28-10-8-14-6-7-17(24)13-18(14)25)27-9-3-11-29-21(30)19-15-4-5-16(12-15)20(19)22(29)31;/h4-7,13,15-16,19-20H,2-3,8-12H2,1H3,(H2,26,27,28);1H. The van der Waals surface area contributed by atoms with Crippen molar-refractivity contribution in [2.45, 2.75) is 26.2 Å². The number of carbonyl (C=O) groups is 2. The number of carbonyl (C=O) groups excluding carboxylic acids is 2. The van der Waals surface area contributed by atoms with Gasteiger partial charge < -0.3 is 10.6 Å². The van der Waals surface area contributed by atoms with E-state index in [1.807, 2.05) is 6.92 Å². The number of hydrogen-bond donors (Lipinski definition) is 2. The third kappa shape index (κ3) is 4.97. The number of amides is 2. The van der Waals surface area contributed by atoms with E-state index in [2.05, 4.69) is 27.8 Å². The zero-order chi connectivity index (χ0) is 22.0. The average Bonchev–Trinajstić information content (AvgIpc) is 3.42. The molecule has 3 aliphatic rings. The van der Waals surface area contributed by atoms with E-state index < -0.39 is 11.6 Å². The number of hydrogen-bond acceptors (Lipinski definition) is 3. The molecule has 0 radical (unpaired) electrons. The van der Waals surface area contributed by atoms with Gasteiger partial charge in [-0.1, -0.05) is 18.2 Å². The molecule has 9 heteroatoms. The van der Waals surface area contributed by atoms with Crippen molar-refractivity contribution in [2.24, 2.45) is 28.7 Å². The van der Waals surface area contributed by atoms with Crippen LogP contribution in [0.3, 0.4) is 0 Å². The number of benzene rings is 1. The predicted octanol–water partition coefficient (Wildman–Crippen LogP) is 2.88. The third-order valence-electron chi connectivity index (χ3n) is 6.42. The minimum absolute atomic E-state index is 0. The Balaban J connectivity index is 0.00000289. The average molecular weight is 558 g/mol. The third-order valence-corrected chi connectivity index (χ3v) is 6.42. The number of aliphatic imine (C=N–C) groups is 1. The van der Waals surface area contributed by atoms with Crippen molar-refractivity contribution in [1.29, 1.82) is 0 Å². The summed E-state index contributed by atoms with van der Waals surface area (Å²) in [6.45, 7) is 3.89. The number of imide groups is 1. The van der Waals surface area contributed by atoms with Gasteiger partial charge in [0.2, 0.25) is 11.8 Å². The van der Waals surface area contributed by atoms with Gasteiger partial charge in [-0.15, -0.1) is 24.0 Å². The van der Waals surface area contributed by atoms with Gasteiger partial charge in [0, 0.05) is 32.2 Å². The highest BCUT2D eigenvalue weighted by Crippen LogP contribution is 2.52. The summed E-state index contributed by atoms with van der Waals surface area (Å²) in [6.07, 6.45) is 6.10. The maximum absolute atomic E-state index is 13.7. The molecule has 1 aliphatic heterocycles. The van der Waals surface area contributed by atoms with Crippen LogP contribution in [0.2, 0.25) is 0 Å². The van der Waals surface area contributed by atoms with E-state index in [1.165, 1.54) is 17.0 Å². The molecule has 1 saturated heterocycles. The summed E-state index contributed by atoms with van der Waals surface area (Å²) in [6, 6.07) is 3.57. The Kier molecular flexibility index (Phi) is 8.24. The Hall–Kier alpha value is -2.04. The lowest BCUT2D eigenvalue weighted by Crippen LogP contribution is -2.38. The molecule has 0 aromatic heterocycles. The van der Waals surface area contributed by atoms with Crippen LogP contribution in [0.5, 0.6) is 0 Å². The highest BCUT2D eigenvalue weighted by Gasteiger charge is 2.58. The molecular formula is C23H29F2IN4O2. The fraction of sp³-hybridized carbons (Fsp3) is 0.522. The van der Waals surface area contributed by atoms with Gasteiger partial charge in [-0.05, 0) is 49.7 Å². The van der Waals surface area contributed by atoms with Crippen LogP contribution in [0.25, 0.3) is 0 Å². The van der Waals surface area contributed by atoms with Crippen LogP contribution in [0.15, 0.2) is 35.3 Å². The molecule has 1 aromatic rings. The molecule has 2 N–H and O–H groups in total. The van der Waals surface area contributed by atoms with Crippen LogP contribution < -0.4 is 10.6 Å². The summed E-state index contributed by atoms with van der Waals surface area (Å²) in [5.74, 6) is -0.472. The van der Waals surface area contributed by atoms with Gasteiger partial charge in [0.05, 0.1) is 11.8 Å². The van der Waals surface area contributed by atoms with Gasteiger partial charge >= 0.3 is 0 Å². The first-order chi connectivity index (χ1) is 15.0. The number of nitrogens with zero attached hydrogens (tertiary/aromatic N) is 2. The van der Waals surface area contributed by atoms with Gasteiger partial charge in [-0.3, -0.25) is 19.5 Å². The van der Waals surface area contributed by atoms with Crippen LogP contribution in [0.1, 0.15) is 25.3 Å². The summed E-state index contributed by atoms with van der Waals surface area (Å²) >= 11 is 0. The lowest BCUT2D eigenvalue weighted by molar-refractivity contribution is -0.140. The van der Waals surface area contributed by atoms with Crippen molar-refractivity contribution in [1.82, 2.24) is 15.5 Å². The molecule has 4 rings (SSSR count). The molecule has 2 amide bonds. The second kappa shape index (κ2) is 10.7. The summed E-state index contributed by atoms with van der Waals surface area (Å²) in [5.41, 5.74) is 0.435. The minimum Gasteiger partial charge on any atom is -0.357 e. The van der Waals surface area contributed by atoms with E-state index in [0.29, 0.717) is 50.5 Å². The van der Waals surface area contributed by atoms with Crippen LogP contribution in [-0.2, 0) is 16.0 Å². The number of halogens is 3. The molecule has 6 nitrogen and oxygen atoms in total. The van der Waals surface area contributed by atoms with E-state index in [0.717, 1.165) is 12.5 Å². The minimum atomic E-state index is -0.591. The number of rotatable bonds is 8. The van der Waals surface area contributed by atoms with E-state index in [1.54, 1.807) is 0 Å². The molecule has 0 spiro atoms. The first-order valence-corrected chi connectivity index (χ1v) is 11.0. The monoisotopic (exact) mass is 558 g/mol. The fourth-order valence-corrected chi connectivity index (χ4v) is 4.99. The molecular weight excluding hydrogens is 529 g/mol. The Morgan fingerprint density at radius 1 is 1.12 bits per heavy atom. The molecule has 2 aliphatic carbocycles. The Morgan fingerprint density at radius 3 is 2.44 bits per heavy atom. The Morgan fingerprint density at radius 2 is 1.81 bits per heavy atom. The quantitative estimate of drug-likeness (QED) is 0.129. The fourth-order valence-electron chi connectivity index (χ4n) is 4.99. The summed E-state index contributed by atoms with van der Waals surface area (Å²) in [5, 5.41) is 6.25. The normalized spacial score (nSPS) is 25.8. The van der Waals surface area contributed by atoms with Gasteiger partial charge in [-0.25, -0.2) is 8.78 Å². The van der Waals surface area contributed by atoms with Crippen molar-refractivity contribution in [3.63, 3.8) is 0 Å². The van der Waals surface area contributed by atoms with Crippen molar-refractivity contribution < 1.29 is 18.4 Å².